The van der Waals surface area contributed by atoms with E-state index in [1.807, 2.05) is 11.8 Å². The van der Waals surface area contributed by atoms with Crippen LogP contribution in [0.25, 0.3) is 0 Å². The Labute approximate surface area is 101 Å². The van der Waals surface area contributed by atoms with Gasteiger partial charge in [-0.3, -0.25) is 0 Å². The van der Waals surface area contributed by atoms with Crippen molar-refractivity contribution < 1.29 is 8.78 Å². The molecule has 0 aromatic heterocycles. The summed E-state index contributed by atoms with van der Waals surface area (Å²) in [6, 6.07) is 4.40. The second-order valence-electron chi connectivity index (χ2n) is 3.73. The number of rotatable bonds is 2. The van der Waals surface area contributed by atoms with Crippen molar-refractivity contribution >= 4 is 27.7 Å². The van der Waals surface area contributed by atoms with Crippen molar-refractivity contribution in [1.82, 2.24) is 0 Å². The average Bonchev–Trinajstić information content (AvgIpc) is 2.60. The van der Waals surface area contributed by atoms with Gasteiger partial charge in [0.1, 0.15) is 0 Å². The highest BCUT2D eigenvalue weighted by Crippen LogP contribution is 2.32. The molecule has 1 aromatic rings. The molecule has 15 heavy (non-hydrogen) atoms. The van der Waals surface area contributed by atoms with E-state index in [2.05, 4.69) is 15.9 Å². The number of hydrogen-bond donors (Lipinski definition) is 0. The van der Waals surface area contributed by atoms with Crippen LogP contribution in [-0.4, -0.2) is 16.3 Å². The summed E-state index contributed by atoms with van der Waals surface area (Å²) >= 11 is 5.42. The fourth-order valence-electron chi connectivity index (χ4n) is 1.75. The number of benzene rings is 1. The van der Waals surface area contributed by atoms with Gasteiger partial charge in [-0.1, -0.05) is 28.1 Å². The molecule has 0 aliphatic carbocycles. The highest BCUT2D eigenvalue weighted by Gasteiger charge is 2.26. The Morgan fingerprint density at radius 2 is 2.13 bits per heavy atom. The monoisotopic (exact) mass is 292 g/mol. The van der Waals surface area contributed by atoms with Crippen LogP contribution in [0.5, 0.6) is 0 Å². The predicted molar refractivity (Wildman–Crippen MR) is 63.6 cm³/mol. The van der Waals surface area contributed by atoms with E-state index in [-0.39, 0.29) is 0 Å². The summed E-state index contributed by atoms with van der Waals surface area (Å²) in [7, 11) is 0. The number of halogens is 3. The van der Waals surface area contributed by atoms with Crippen LogP contribution >= 0.6 is 27.7 Å². The summed E-state index contributed by atoms with van der Waals surface area (Å²) in [5.74, 6) is 1.05. The second kappa shape index (κ2) is 4.83. The van der Waals surface area contributed by atoms with E-state index in [0.717, 1.165) is 17.6 Å². The fraction of sp³-hybridized carbons (Fsp3) is 0.455. The molecule has 0 N–H and O–H groups in total. The quantitative estimate of drug-likeness (QED) is 0.750. The van der Waals surface area contributed by atoms with Gasteiger partial charge in [-0.05, 0) is 29.7 Å². The Bertz CT molecular complexity index is 356. The lowest BCUT2D eigenvalue weighted by Gasteiger charge is -2.13. The van der Waals surface area contributed by atoms with Crippen molar-refractivity contribution in [2.75, 3.05) is 11.5 Å². The second-order valence-corrected chi connectivity index (χ2v) is 5.98. The Balaban J connectivity index is 2.13. The van der Waals surface area contributed by atoms with Gasteiger partial charge in [0.15, 0.2) is 11.6 Å². The maximum absolute atomic E-state index is 13.4. The van der Waals surface area contributed by atoms with E-state index in [1.54, 1.807) is 12.1 Å². The van der Waals surface area contributed by atoms with E-state index in [9.17, 15) is 8.78 Å². The molecule has 1 aliphatic heterocycles. The SMILES string of the molecule is Fc1cccc(CC2CSCC2Br)c1F. The van der Waals surface area contributed by atoms with Gasteiger partial charge in [-0.25, -0.2) is 8.78 Å². The molecule has 4 heteroatoms. The zero-order valence-corrected chi connectivity index (χ0v) is 10.5. The first-order valence-electron chi connectivity index (χ1n) is 4.83. The number of thioether (sulfide) groups is 1. The number of hydrogen-bond acceptors (Lipinski definition) is 1. The first kappa shape index (κ1) is 11.4. The number of alkyl halides is 1. The molecule has 0 bridgehead atoms. The topological polar surface area (TPSA) is 0 Å². The Hall–Kier alpha value is -0.0900. The first-order chi connectivity index (χ1) is 7.18. The van der Waals surface area contributed by atoms with Crippen LogP contribution in [0.1, 0.15) is 5.56 Å². The van der Waals surface area contributed by atoms with Gasteiger partial charge in [0.05, 0.1) is 0 Å². The van der Waals surface area contributed by atoms with Crippen LogP contribution < -0.4 is 0 Å². The van der Waals surface area contributed by atoms with Crippen molar-refractivity contribution in [3.8, 4) is 0 Å². The van der Waals surface area contributed by atoms with Gasteiger partial charge in [0.2, 0.25) is 0 Å². The first-order valence-corrected chi connectivity index (χ1v) is 6.90. The Morgan fingerprint density at radius 1 is 1.33 bits per heavy atom. The van der Waals surface area contributed by atoms with E-state index >= 15 is 0 Å². The molecular weight excluding hydrogens is 282 g/mol. The molecule has 1 saturated heterocycles. The average molecular weight is 293 g/mol. The largest absolute Gasteiger partial charge is 0.204 e. The molecule has 1 aromatic carbocycles. The third kappa shape index (κ3) is 2.53. The summed E-state index contributed by atoms with van der Waals surface area (Å²) in [5, 5.41) is 0. The molecule has 2 rings (SSSR count). The lowest BCUT2D eigenvalue weighted by Crippen LogP contribution is -2.15. The van der Waals surface area contributed by atoms with Crippen LogP contribution in [0.4, 0.5) is 8.78 Å². The van der Waals surface area contributed by atoms with Crippen molar-refractivity contribution in [1.29, 1.82) is 0 Å². The van der Waals surface area contributed by atoms with Gasteiger partial charge in [0, 0.05) is 10.6 Å². The lowest BCUT2D eigenvalue weighted by molar-refractivity contribution is 0.487. The minimum absolute atomic E-state index is 0.409. The summed E-state index contributed by atoms with van der Waals surface area (Å²) in [5.41, 5.74) is 0.493. The third-order valence-corrected chi connectivity index (χ3v) is 5.39. The predicted octanol–water partition coefficient (Wildman–Crippen LogP) is 3.63. The molecule has 0 saturated carbocycles. The summed E-state index contributed by atoms with van der Waals surface area (Å²) in [6.07, 6.45) is 0.618. The van der Waals surface area contributed by atoms with Gasteiger partial charge in [0.25, 0.3) is 0 Å². The highest BCUT2D eigenvalue weighted by atomic mass is 79.9. The molecule has 1 aliphatic rings. The summed E-state index contributed by atoms with van der Waals surface area (Å²) in [6.45, 7) is 0. The minimum atomic E-state index is -0.746. The highest BCUT2D eigenvalue weighted by molar-refractivity contribution is 9.09. The van der Waals surface area contributed by atoms with Crippen molar-refractivity contribution in [2.24, 2.45) is 5.92 Å². The van der Waals surface area contributed by atoms with Gasteiger partial charge in [-0.15, -0.1) is 0 Å². The maximum Gasteiger partial charge on any atom is 0.162 e. The molecule has 0 nitrogen and oxygen atoms in total. The van der Waals surface area contributed by atoms with E-state index < -0.39 is 11.6 Å². The molecule has 1 heterocycles. The molecule has 0 amide bonds. The smallest absolute Gasteiger partial charge is 0.162 e. The van der Waals surface area contributed by atoms with E-state index in [1.165, 1.54) is 0 Å². The molecule has 2 unspecified atom stereocenters. The Morgan fingerprint density at radius 3 is 2.80 bits per heavy atom. The summed E-state index contributed by atoms with van der Waals surface area (Å²) in [4.78, 5) is 0.421. The Kier molecular flexibility index (Phi) is 3.67. The van der Waals surface area contributed by atoms with Crippen molar-refractivity contribution in [2.45, 2.75) is 11.2 Å². The van der Waals surface area contributed by atoms with Crippen molar-refractivity contribution in [3.63, 3.8) is 0 Å². The molecule has 0 spiro atoms. The van der Waals surface area contributed by atoms with Gasteiger partial charge >= 0.3 is 0 Å². The molecule has 0 radical (unpaired) electrons. The normalized spacial score (nSPS) is 25.8. The molecule has 82 valence electrons. The van der Waals surface area contributed by atoms with Crippen LogP contribution in [0.3, 0.4) is 0 Å². The standard InChI is InChI=1S/C11H11BrF2S/c12-9-6-15-5-8(9)4-7-2-1-3-10(13)11(7)14/h1-3,8-9H,4-6H2. The minimum Gasteiger partial charge on any atom is -0.204 e. The van der Waals surface area contributed by atoms with Crippen molar-refractivity contribution in [3.05, 3.63) is 35.4 Å². The zero-order chi connectivity index (χ0) is 10.8. The van der Waals surface area contributed by atoms with E-state index in [4.69, 9.17) is 0 Å². The van der Waals surface area contributed by atoms with Gasteiger partial charge in [-0.2, -0.15) is 11.8 Å². The third-order valence-electron chi connectivity index (χ3n) is 2.63. The fourth-order valence-corrected chi connectivity index (χ4v) is 4.22. The van der Waals surface area contributed by atoms with Crippen LogP contribution in [-0.2, 0) is 6.42 Å². The molecule has 2 atom stereocenters. The maximum atomic E-state index is 13.4. The summed E-state index contributed by atoms with van der Waals surface area (Å²) < 4.78 is 26.3. The lowest BCUT2D eigenvalue weighted by atomic mass is 9.98. The van der Waals surface area contributed by atoms with Crippen LogP contribution in [0.2, 0.25) is 0 Å². The van der Waals surface area contributed by atoms with Crippen LogP contribution in [0, 0.1) is 17.6 Å². The molecule has 1 fully saturated rings. The van der Waals surface area contributed by atoms with Crippen LogP contribution in [0.15, 0.2) is 18.2 Å². The van der Waals surface area contributed by atoms with E-state index in [0.29, 0.717) is 22.7 Å². The molecular formula is C11H11BrF2S. The van der Waals surface area contributed by atoms with Gasteiger partial charge < -0.3 is 0 Å². The zero-order valence-electron chi connectivity index (χ0n) is 8.05.